The lowest BCUT2D eigenvalue weighted by atomic mass is 9.47. The van der Waals surface area contributed by atoms with E-state index in [0.29, 0.717) is 5.41 Å². The van der Waals surface area contributed by atoms with Crippen LogP contribution in [0.25, 0.3) is 0 Å². The average Bonchev–Trinajstić information content (AvgIpc) is 3.43. The third kappa shape index (κ3) is 11.2. The van der Waals surface area contributed by atoms with Crippen molar-refractivity contribution in [3.8, 4) is 0 Å². The Morgan fingerprint density at radius 3 is 2.22 bits per heavy atom. The summed E-state index contributed by atoms with van der Waals surface area (Å²) in [5.41, 5.74) is 2.41. The van der Waals surface area contributed by atoms with E-state index in [1.54, 1.807) is 17.7 Å². The molecule has 0 heterocycles. The van der Waals surface area contributed by atoms with Crippen LogP contribution in [0.3, 0.4) is 0 Å². The second kappa shape index (κ2) is 20.1. The first-order valence-electron chi connectivity index (χ1n) is 20.9. The lowest BCUT2D eigenvalue weighted by molar-refractivity contribution is -0.145. The Kier molecular flexibility index (Phi) is 16.3. The number of hydrogen-bond acceptors (Lipinski definition) is 2. The summed E-state index contributed by atoms with van der Waals surface area (Å²) in [7, 11) is 0. The van der Waals surface area contributed by atoms with E-state index in [4.69, 9.17) is 4.74 Å². The van der Waals surface area contributed by atoms with E-state index < -0.39 is 0 Å². The highest BCUT2D eigenvalue weighted by Gasteiger charge is 2.59. The fourth-order valence-electron chi connectivity index (χ4n) is 10.9. The van der Waals surface area contributed by atoms with Gasteiger partial charge in [-0.1, -0.05) is 166 Å². The van der Waals surface area contributed by atoms with E-state index >= 15 is 0 Å². The summed E-state index contributed by atoms with van der Waals surface area (Å²) in [6.07, 6.45) is 47.3. The number of fused-ring (bicyclic) bond motifs is 5. The van der Waals surface area contributed by atoms with E-state index in [9.17, 15) is 4.79 Å². The van der Waals surface area contributed by atoms with Gasteiger partial charge in [-0.05, 0) is 104 Å². The minimum Gasteiger partial charge on any atom is -0.459 e. The predicted octanol–water partition coefficient (Wildman–Crippen LogP) is 13.9. The van der Waals surface area contributed by atoms with Crippen molar-refractivity contribution in [1.82, 2.24) is 0 Å². The van der Waals surface area contributed by atoms with Gasteiger partial charge in [0.15, 0.2) is 0 Å². The molecular weight excluding hydrogens is 597 g/mol. The Bertz CT molecular complexity index is 1180. The van der Waals surface area contributed by atoms with Crippen LogP contribution in [0.15, 0.2) is 72.4 Å². The van der Waals surface area contributed by atoms with Crippen LogP contribution < -0.4 is 0 Å². The zero-order valence-corrected chi connectivity index (χ0v) is 32.6. The first kappa shape index (κ1) is 39.7. The molecule has 4 rings (SSSR count). The standard InChI is InChI=1S/C47H74O2/c1-7-8-9-10-11-12-13-14-15-16-17-18-19-20-21-22-23-27-45(48)49-40-32-34-46(5)39(36-40)28-29-41-43-31-30-42(38(4)26-24-25-37(2)3)47(43,6)35-33-44(41)46/h15-23,27-28,37-38,40-44H,7-14,24-26,29-36H2,1-6H3/t38-,40+,41+,42-,43+,44+,46+,47-/m1/s1. The number of allylic oxidation sites excluding steroid dienone is 10. The van der Waals surface area contributed by atoms with Crippen molar-refractivity contribution in [2.45, 2.75) is 170 Å². The molecule has 0 unspecified atom stereocenters. The van der Waals surface area contributed by atoms with Gasteiger partial charge in [-0.15, -0.1) is 0 Å². The maximum absolute atomic E-state index is 12.7. The molecule has 274 valence electrons. The number of carbonyl (C=O) groups is 1. The van der Waals surface area contributed by atoms with E-state index in [2.05, 4.69) is 71.9 Å². The Morgan fingerprint density at radius 1 is 0.796 bits per heavy atom. The molecule has 0 aromatic rings. The molecule has 0 amide bonds. The van der Waals surface area contributed by atoms with Gasteiger partial charge in [-0.25, -0.2) is 4.79 Å². The Labute approximate surface area is 303 Å². The van der Waals surface area contributed by atoms with Gasteiger partial charge in [0.1, 0.15) is 6.10 Å². The van der Waals surface area contributed by atoms with Crippen LogP contribution in [0.1, 0.15) is 164 Å². The highest BCUT2D eigenvalue weighted by Crippen LogP contribution is 2.67. The van der Waals surface area contributed by atoms with E-state index in [0.717, 1.165) is 54.8 Å². The van der Waals surface area contributed by atoms with E-state index in [-0.39, 0.29) is 17.5 Å². The number of ether oxygens (including phenoxy) is 1. The Hall–Kier alpha value is -2.09. The summed E-state index contributed by atoms with van der Waals surface area (Å²) in [5.74, 6) is 4.92. The summed E-state index contributed by atoms with van der Waals surface area (Å²) < 4.78 is 5.99. The highest BCUT2D eigenvalue weighted by molar-refractivity contribution is 5.82. The van der Waals surface area contributed by atoms with Crippen LogP contribution in [-0.2, 0) is 9.53 Å². The first-order valence-corrected chi connectivity index (χ1v) is 20.9. The van der Waals surface area contributed by atoms with Crippen molar-refractivity contribution >= 4 is 5.97 Å². The second-order valence-electron chi connectivity index (χ2n) is 17.4. The van der Waals surface area contributed by atoms with Gasteiger partial charge in [0.05, 0.1) is 0 Å². The van der Waals surface area contributed by atoms with Crippen LogP contribution in [0.5, 0.6) is 0 Å². The van der Waals surface area contributed by atoms with Crippen molar-refractivity contribution in [3.63, 3.8) is 0 Å². The molecular formula is C47H74O2. The SMILES string of the molecule is CCCCCCCCCC=CC=CC=CC=CC=CC(=O)O[C@H]1CC[C@@]2(C)C(=CC[C@H]3[C@@H]4CC[C@H]([C@H](C)CCCC(C)C)[C@@]4(C)CC[C@@H]32)C1. The zero-order valence-electron chi connectivity index (χ0n) is 32.6. The van der Waals surface area contributed by atoms with Crippen LogP contribution in [0.4, 0.5) is 0 Å². The number of rotatable bonds is 19. The lowest BCUT2D eigenvalue weighted by Gasteiger charge is -2.58. The van der Waals surface area contributed by atoms with Crippen LogP contribution >= 0.6 is 0 Å². The minimum absolute atomic E-state index is 0.0114. The van der Waals surface area contributed by atoms with Gasteiger partial charge in [-0.3, -0.25) is 0 Å². The number of esters is 1. The van der Waals surface area contributed by atoms with Crippen molar-refractivity contribution in [3.05, 3.63) is 72.4 Å². The van der Waals surface area contributed by atoms with Gasteiger partial charge in [0.25, 0.3) is 0 Å². The van der Waals surface area contributed by atoms with Crippen molar-refractivity contribution in [1.29, 1.82) is 0 Å². The van der Waals surface area contributed by atoms with Crippen LogP contribution in [0, 0.1) is 46.3 Å². The molecule has 2 nitrogen and oxygen atoms in total. The second-order valence-corrected chi connectivity index (χ2v) is 17.4. The number of carbonyl (C=O) groups excluding carboxylic acids is 1. The van der Waals surface area contributed by atoms with E-state index in [1.165, 1.54) is 103 Å². The summed E-state index contributed by atoms with van der Waals surface area (Å²) in [6, 6.07) is 0. The molecule has 4 aliphatic rings. The molecule has 0 aliphatic heterocycles. The molecule has 0 radical (unpaired) electrons. The predicted molar refractivity (Wildman–Crippen MR) is 211 cm³/mol. The fourth-order valence-corrected chi connectivity index (χ4v) is 10.9. The molecule has 2 heteroatoms. The number of unbranched alkanes of at least 4 members (excludes halogenated alkanes) is 7. The Balaban J connectivity index is 1.17. The number of hydrogen-bond donors (Lipinski definition) is 0. The van der Waals surface area contributed by atoms with Gasteiger partial charge in [-0.2, -0.15) is 0 Å². The fraction of sp³-hybridized carbons (Fsp3) is 0.723. The monoisotopic (exact) mass is 671 g/mol. The Morgan fingerprint density at radius 2 is 1.49 bits per heavy atom. The lowest BCUT2D eigenvalue weighted by Crippen LogP contribution is -2.51. The zero-order chi connectivity index (χ0) is 35.1. The quantitative estimate of drug-likeness (QED) is 0.0449. The highest BCUT2D eigenvalue weighted by atomic mass is 16.5. The van der Waals surface area contributed by atoms with Crippen LogP contribution in [0.2, 0.25) is 0 Å². The maximum Gasteiger partial charge on any atom is 0.331 e. The third-order valence-corrected chi connectivity index (χ3v) is 13.7. The van der Waals surface area contributed by atoms with Gasteiger partial charge in [0, 0.05) is 12.5 Å². The summed E-state index contributed by atoms with van der Waals surface area (Å²) >= 11 is 0. The summed E-state index contributed by atoms with van der Waals surface area (Å²) in [4.78, 5) is 12.7. The maximum atomic E-state index is 12.7. The van der Waals surface area contributed by atoms with Crippen molar-refractivity contribution < 1.29 is 9.53 Å². The first-order chi connectivity index (χ1) is 23.7. The molecule has 8 atom stereocenters. The molecule has 0 aromatic heterocycles. The molecule has 0 aromatic carbocycles. The molecule has 0 spiro atoms. The molecule has 0 N–H and O–H groups in total. The molecule has 0 bridgehead atoms. The normalized spacial score (nSPS) is 32.4. The van der Waals surface area contributed by atoms with Gasteiger partial charge in [0.2, 0.25) is 0 Å². The van der Waals surface area contributed by atoms with Crippen molar-refractivity contribution in [2.75, 3.05) is 0 Å². The molecule has 3 fully saturated rings. The molecule has 49 heavy (non-hydrogen) atoms. The summed E-state index contributed by atoms with van der Waals surface area (Å²) in [6.45, 7) is 14.8. The molecule has 0 saturated heterocycles. The topological polar surface area (TPSA) is 26.3 Å². The van der Waals surface area contributed by atoms with Gasteiger partial charge < -0.3 is 4.74 Å². The average molecular weight is 671 g/mol. The largest absolute Gasteiger partial charge is 0.459 e. The third-order valence-electron chi connectivity index (χ3n) is 13.7. The van der Waals surface area contributed by atoms with Crippen molar-refractivity contribution in [2.24, 2.45) is 46.3 Å². The minimum atomic E-state index is -0.213. The van der Waals surface area contributed by atoms with E-state index in [1.807, 2.05) is 24.3 Å². The summed E-state index contributed by atoms with van der Waals surface area (Å²) in [5, 5.41) is 0. The van der Waals surface area contributed by atoms with Gasteiger partial charge >= 0.3 is 5.97 Å². The van der Waals surface area contributed by atoms with Crippen LogP contribution in [-0.4, -0.2) is 12.1 Å². The molecule has 3 saturated carbocycles. The molecule has 4 aliphatic carbocycles. The smallest absolute Gasteiger partial charge is 0.331 e.